The zero-order chi connectivity index (χ0) is 25.9. The number of anilines is 2. The predicted molar refractivity (Wildman–Crippen MR) is 140 cm³/mol. The number of carbonyl (C=O) groups excluding carboxylic acids is 2. The standard InChI is InChI=1S/C27H24N6O4/c1-17-24(26(34)29-20-9-13-22(14-10-20)33(36)37)25(30-27(35)28-17)19-7-11-21(12-8-19)32-16-15-23(31-32)18-5-3-2-4-6-18/h2-14,25H,15-16H2,1H3,(H,29,34)(H2,28,30,35). The van der Waals surface area contributed by atoms with E-state index in [-0.39, 0.29) is 5.69 Å². The van der Waals surface area contributed by atoms with Crippen LogP contribution in [0, 0.1) is 10.1 Å². The maximum absolute atomic E-state index is 13.2. The Kier molecular flexibility index (Phi) is 6.38. The number of nitrogens with zero attached hydrogens (tertiary/aromatic N) is 3. The quantitative estimate of drug-likeness (QED) is 0.342. The fourth-order valence-electron chi connectivity index (χ4n) is 4.43. The summed E-state index contributed by atoms with van der Waals surface area (Å²) in [4.78, 5) is 35.9. The number of carbonyl (C=O) groups is 2. The van der Waals surface area contributed by atoms with Gasteiger partial charge in [0.05, 0.1) is 27.9 Å². The lowest BCUT2D eigenvalue weighted by Crippen LogP contribution is -2.45. The van der Waals surface area contributed by atoms with E-state index in [2.05, 4.69) is 16.0 Å². The van der Waals surface area contributed by atoms with Crippen LogP contribution in [-0.4, -0.2) is 29.1 Å². The molecule has 3 aromatic rings. The fraction of sp³-hybridized carbons (Fsp3) is 0.148. The molecule has 0 spiro atoms. The number of allylic oxidation sites excluding steroid dienone is 1. The largest absolute Gasteiger partial charge is 0.327 e. The lowest BCUT2D eigenvalue weighted by molar-refractivity contribution is -0.384. The average Bonchev–Trinajstić information content (AvgIpc) is 3.39. The Morgan fingerprint density at radius 1 is 1.05 bits per heavy atom. The third kappa shape index (κ3) is 5.03. The normalized spacial score (nSPS) is 17.1. The number of hydrazone groups is 1. The van der Waals surface area contributed by atoms with Gasteiger partial charge in [-0.1, -0.05) is 42.5 Å². The highest BCUT2D eigenvalue weighted by Crippen LogP contribution is 2.30. The summed E-state index contributed by atoms with van der Waals surface area (Å²) in [6.07, 6.45) is 0.838. The molecule has 0 aliphatic carbocycles. The van der Waals surface area contributed by atoms with E-state index in [9.17, 15) is 19.7 Å². The van der Waals surface area contributed by atoms with Crippen molar-refractivity contribution in [1.82, 2.24) is 10.6 Å². The number of hydrogen-bond acceptors (Lipinski definition) is 6. The second-order valence-electron chi connectivity index (χ2n) is 8.71. The number of nitro groups is 1. The van der Waals surface area contributed by atoms with Crippen LogP contribution in [0.25, 0.3) is 0 Å². The zero-order valence-corrected chi connectivity index (χ0v) is 20.0. The van der Waals surface area contributed by atoms with Crippen LogP contribution in [0.4, 0.5) is 21.9 Å². The minimum Gasteiger partial charge on any atom is -0.327 e. The summed E-state index contributed by atoms with van der Waals surface area (Å²) in [5.41, 5.74) is 4.87. The molecule has 2 aliphatic rings. The molecule has 5 rings (SSSR count). The predicted octanol–water partition coefficient (Wildman–Crippen LogP) is 4.48. The minimum absolute atomic E-state index is 0.0730. The molecule has 10 heteroatoms. The SMILES string of the molecule is CC1=C(C(=O)Nc2ccc([N+](=O)[O-])cc2)C(c2ccc(N3CCC(c4ccccc4)=N3)cc2)NC(=O)N1. The molecule has 10 nitrogen and oxygen atoms in total. The summed E-state index contributed by atoms with van der Waals surface area (Å²) < 4.78 is 0. The molecule has 0 radical (unpaired) electrons. The summed E-state index contributed by atoms with van der Waals surface area (Å²) >= 11 is 0. The van der Waals surface area contributed by atoms with Crippen LogP contribution in [-0.2, 0) is 4.79 Å². The van der Waals surface area contributed by atoms with E-state index in [0.717, 1.165) is 35.5 Å². The molecule has 3 amide bonds. The molecule has 3 N–H and O–H groups in total. The molecule has 186 valence electrons. The third-order valence-corrected chi connectivity index (χ3v) is 6.28. The van der Waals surface area contributed by atoms with Gasteiger partial charge in [0.25, 0.3) is 11.6 Å². The maximum atomic E-state index is 13.2. The summed E-state index contributed by atoms with van der Waals surface area (Å²) in [5, 5.41) is 25.8. The van der Waals surface area contributed by atoms with Gasteiger partial charge in [-0.2, -0.15) is 5.10 Å². The number of urea groups is 1. The first-order valence-corrected chi connectivity index (χ1v) is 11.7. The molecule has 1 unspecified atom stereocenters. The highest BCUT2D eigenvalue weighted by Gasteiger charge is 2.31. The van der Waals surface area contributed by atoms with E-state index in [1.54, 1.807) is 6.92 Å². The highest BCUT2D eigenvalue weighted by atomic mass is 16.6. The zero-order valence-electron chi connectivity index (χ0n) is 20.0. The Hall–Kier alpha value is -4.99. The van der Waals surface area contributed by atoms with Crippen LogP contribution >= 0.6 is 0 Å². The molecule has 0 fully saturated rings. The van der Waals surface area contributed by atoms with Gasteiger partial charge in [0.1, 0.15) is 0 Å². The smallest absolute Gasteiger partial charge is 0.319 e. The fourth-order valence-corrected chi connectivity index (χ4v) is 4.43. The molecule has 2 heterocycles. The summed E-state index contributed by atoms with van der Waals surface area (Å²) in [7, 11) is 0. The first-order valence-electron chi connectivity index (χ1n) is 11.7. The second kappa shape index (κ2) is 9.94. The van der Waals surface area contributed by atoms with Crippen molar-refractivity contribution in [2.45, 2.75) is 19.4 Å². The Bertz CT molecular complexity index is 1420. The summed E-state index contributed by atoms with van der Waals surface area (Å²) in [6.45, 7) is 2.42. The number of nitro benzene ring substituents is 1. The molecular weight excluding hydrogens is 472 g/mol. The number of rotatable bonds is 6. The van der Waals surface area contributed by atoms with Gasteiger partial charge in [0.15, 0.2) is 0 Å². The molecule has 0 bridgehead atoms. The van der Waals surface area contributed by atoms with Crippen LogP contribution in [0.1, 0.15) is 30.5 Å². The Morgan fingerprint density at radius 2 is 1.76 bits per heavy atom. The average molecular weight is 497 g/mol. The van der Waals surface area contributed by atoms with Gasteiger partial charge in [-0.15, -0.1) is 0 Å². The first-order chi connectivity index (χ1) is 17.9. The van der Waals surface area contributed by atoms with Crippen molar-refractivity contribution in [3.8, 4) is 0 Å². The molecule has 37 heavy (non-hydrogen) atoms. The van der Waals surface area contributed by atoms with Crippen molar-refractivity contribution < 1.29 is 14.5 Å². The number of hydrogen-bond donors (Lipinski definition) is 3. The van der Waals surface area contributed by atoms with Gasteiger partial charge >= 0.3 is 6.03 Å². The van der Waals surface area contributed by atoms with E-state index in [1.165, 1.54) is 24.3 Å². The minimum atomic E-state index is -0.678. The van der Waals surface area contributed by atoms with Gasteiger partial charge in [0, 0.05) is 36.5 Å². The number of non-ortho nitro benzene ring substituents is 1. The molecule has 0 saturated heterocycles. The monoisotopic (exact) mass is 496 g/mol. The third-order valence-electron chi connectivity index (χ3n) is 6.28. The van der Waals surface area contributed by atoms with Crippen LogP contribution < -0.4 is 21.0 Å². The lowest BCUT2D eigenvalue weighted by Gasteiger charge is -2.29. The van der Waals surface area contributed by atoms with Crippen LogP contribution in [0.5, 0.6) is 0 Å². The Balaban J connectivity index is 1.36. The number of amides is 3. The van der Waals surface area contributed by atoms with Crippen molar-refractivity contribution in [1.29, 1.82) is 0 Å². The van der Waals surface area contributed by atoms with Crippen molar-refractivity contribution in [3.05, 3.63) is 111 Å². The topological polar surface area (TPSA) is 129 Å². The van der Waals surface area contributed by atoms with E-state index >= 15 is 0 Å². The van der Waals surface area contributed by atoms with Gasteiger partial charge in [0.2, 0.25) is 0 Å². The Morgan fingerprint density at radius 3 is 2.43 bits per heavy atom. The van der Waals surface area contributed by atoms with Gasteiger partial charge in [-0.3, -0.25) is 19.9 Å². The van der Waals surface area contributed by atoms with E-state index in [1.807, 2.05) is 59.6 Å². The second-order valence-corrected chi connectivity index (χ2v) is 8.71. The number of nitrogens with one attached hydrogen (secondary N) is 3. The summed E-state index contributed by atoms with van der Waals surface area (Å²) in [5.74, 6) is -0.426. The molecule has 0 aromatic heterocycles. The van der Waals surface area contributed by atoms with Crippen molar-refractivity contribution in [3.63, 3.8) is 0 Å². The Labute approximate surface area is 212 Å². The van der Waals surface area contributed by atoms with Crippen molar-refractivity contribution >= 4 is 34.7 Å². The van der Waals surface area contributed by atoms with E-state index in [0.29, 0.717) is 17.0 Å². The van der Waals surface area contributed by atoms with Gasteiger partial charge in [-0.25, -0.2) is 4.79 Å². The van der Waals surface area contributed by atoms with Crippen LogP contribution in [0.2, 0.25) is 0 Å². The molecule has 1 atom stereocenters. The van der Waals surface area contributed by atoms with E-state index < -0.39 is 22.9 Å². The highest BCUT2D eigenvalue weighted by molar-refractivity contribution is 6.07. The van der Waals surface area contributed by atoms with Crippen molar-refractivity contribution in [2.24, 2.45) is 5.10 Å². The number of benzene rings is 3. The molecule has 0 saturated carbocycles. The van der Waals surface area contributed by atoms with Gasteiger partial charge in [-0.05, 0) is 42.3 Å². The lowest BCUT2D eigenvalue weighted by atomic mass is 9.94. The summed E-state index contributed by atoms with van der Waals surface area (Å²) in [6, 6.07) is 22.1. The molecular formula is C27H24N6O4. The first kappa shape index (κ1) is 23.7. The van der Waals surface area contributed by atoms with Gasteiger partial charge < -0.3 is 16.0 Å². The van der Waals surface area contributed by atoms with Crippen molar-refractivity contribution in [2.75, 3.05) is 16.9 Å². The van der Waals surface area contributed by atoms with E-state index in [4.69, 9.17) is 5.10 Å². The molecule has 2 aliphatic heterocycles. The molecule has 3 aromatic carbocycles. The van der Waals surface area contributed by atoms with Crippen LogP contribution in [0.15, 0.2) is 95.2 Å². The maximum Gasteiger partial charge on any atom is 0.319 e. The van der Waals surface area contributed by atoms with Crippen LogP contribution in [0.3, 0.4) is 0 Å².